The predicted octanol–water partition coefficient (Wildman–Crippen LogP) is -0.878. The smallest absolute Gasteiger partial charge is 0.272 e. The third-order valence-corrected chi connectivity index (χ3v) is 2.77. The number of nitrogens with zero attached hydrogens (tertiary/aromatic N) is 2. The van der Waals surface area contributed by atoms with Gasteiger partial charge in [0.15, 0.2) is 0 Å². The highest BCUT2D eigenvalue weighted by Gasteiger charge is 2.18. The fourth-order valence-corrected chi connectivity index (χ4v) is 1.80. The number of carbonyl (C=O) groups excluding carboxylic acids is 2. The number of amides is 2. The van der Waals surface area contributed by atoms with Gasteiger partial charge in [0.25, 0.3) is 11.5 Å². The molecule has 1 aromatic rings. The van der Waals surface area contributed by atoms with Gasteiger partial charge in [-0.25, -0.2) is 5.10 Å². The average Bonchev–Trinajstić information content (AvgIpc) is 2.90. The highest BCUT2D eigenvalue weighted by Crippen LogP contribution is 2.06. The summed E-state index contributed by atoms with van der Waals surface area (Å²) < 4.78 is 0. The first-order valence-electron chi connectivity index (χ1n) is 5.78. The lowest BCUT2D eigenvalue weighted by atomic mass is 10.3. The van der Waals surface area contributed by atoms with Gasteiger partial charge in [-0.15, -0.1) is 0 Å². The molecule has 1 aliphatic heterocycles. The van der Waals surface area contributed by atoms with Crippen LogP contribution in [0.5, 0.6) is 0 Å². The Bertz CT molecular complexity index is 485. The van der Waals surface area contributed by atoms with Gasteiger partial charge in [0.1, 0.15) is 5.69 Å². The van der Waals surface area contributed by atoms with Crippen molar-refractivity contribution in [3.8, 4) is 0 Å². The van der Waals surface area contributed by atoms with E-state index in [9.17, 15) is 14.4 Å². The summed E-state index contributed by atoms with van der Waals surface area (Å²) in [6, 6.07) is 2.53. The normalized spacial score (nSPS) is 14.6. The third-order valence-electron chi connectivity index (χ3n) is 2.77. The molecule has 1 saturated heterocycles. The molecule has 2 rings (SSSR count). The van der Waals surface area contributed by atoms with E-state index in [1.165, 1.54) is 12.1 Å². The molecule has 0 aromatic carbocycles. The SMILES string of the molecule is O=C(NCC(=O)N1CCCC1)c1ccc(=O)[nH]n1. The number of likely N-dealkylation sites (tertiary alicyclic amines) is 1. The largest absolute Gasteiger partial charge is 0.342 e. The van der Waals surface area contributed by atoms with Crippen molar-refractivity contribution in [2.24, 2.45) is 0 Å². The Morgan fingerprint density at radius 1 is 1.33 bits per heavy atom. The molecule has 2 amide bonds. The summed E-state index contributed by atoms with van der Waals surface area (Å²) in [5.74, 6) is -0.566. The summed E-state index contributed by atoms with van der Waals surface area (Å²) in [5, 5.41) is 8.22. The lowest BCUT2D eigenvalue weighted by Crippen LogP contribution is -2.39. The number of H-pyrrole nitrogens is 1. The molecule has 7 heteroatoms. The van der Waals surface area contributed by atoms with E-state index < -0.39 is 5.91 Å². The monoisotopic (exact) mass is 250 g/mol. The molecule has 0 bridgehead atoms. The highest BCUT2D eigenvalue weighted by atomic mass is 16.2. The molecule has 0 unspecified atom stereocenters. The number of carbonyl (C=O) groups is 2. The fourth-order valence-electron chi connectivity index (χ4n) is 1.80. The van der Waals surface area contributed by atoms with Crippen LogP contribution in [0.25, 0.3) is 0 Å². The topological polar surface area (TPSA) is 95.2 Å². The number of aromatic nitrogens is 2. The molecule has 2 N–H and O–H groups in total. The minimum absolute atomic E-state index is 0.0420. The van der Waals surface area contributed by atoms with Crippen molar-refractivity contribution in [1.29, 1.82) is 0 Å². The van der Waals surface area contributed by atoms with Crippen molar-refractivity contribution in [3.05, 3.63) is 28.2 Å². The summed E-state index contributed by atoms with van der Waals surface area (Å²) >= 11 is 0. The molecular weight excluding hydrogens is 236 g/mol. The van der Waals surface area contributed by atoms with Gasteiger partial charge in [0.05, 0.1) is 6.54 Å². The van der Waals surface area contributed by atoms with Crippen LogP contribution in [0, 0.1) is 0 Å². The zero-order chi connectivity index (χ0) is 13.0. The summed E-state index contributed by atoms with van der Waals surface area (Å²) in [5.41, 5.74) is -0.288. The van der Waals surface area contributed by atoms with Gasteiger partial charge < -0.3 is 10.2 Å². The number of hydrogen-bond acceptors (Lipinski definition) is 4. The van der Waals surface area contributed by atoms with Crippen LogP contribution in [0.4, 0.5) is 0 Å². The lowest BCUT2D eigenvalue weighted by Gasteiger charge is -2.15. The van der Waals surface area contributed by atoms with Crippen molar-refractivity contribution in [1.82, 2.24) is 20.4 Å². The molecule has 1 fully saturated rings. The predicted molar refractivity (Wildman–Crippen MR) is 63.0 cm³/mol. The maximum absolute atomic E-state index is 11.7. The number of rotatable bonds is 3. The van der Waals surface area contributed by atoms with Crippen molar-refractivity contribution >= 4 is 11.8 Å². The highest BCUT2D eigenvalue weighted by molar-refractivity contribution is 5.94. The Kier molecular flexibility index (Phi) is 3.71. The van der Waals surface area contributed by atoms with Crippen LogP contribution < -0.4 is 10.9 Å². The molecule has 18 heavy (non-hydrogen) atoms. The lowest BCUT2D eigenvalue weighted by molar-refractivity contribution is -0.129. The first-order chi connectivity index (χ1) is 8.66. The van der Waals surface area contributed by atoms with E-state index in [2.05, 4.69) is 15.5 Å². The first kappa shape index (κ1) is 12.3. The van der Waals surface area contributed by atoms with E-state index in [1.54, 1.807) is 4.90 Å². The minimum atomic E-state index is -0.473. The van der Waals surface area contributed by atoms with Crippen LogP contribution in [0.2, 0.25) is 0 Å². The Balaban J connectivity index is 1.86. The molecule has 0 aliphatic carbocycles. The van der Waals surface area contributed by atoms with E-state index in [4.69, 9.17) is 0 Å². The quantitative estimate of drug-likeness (QED) is 0.728. The van der Waals surface area contributed by atoms with Gasteiger partial charge in [-0.2, -0.15) is 5.10 Å². The van der Waals surface area contributed by atoms with E-state index in [0.29, 0.717) is 0 Å². The molecule has 0 atom stereocenters. The van der Waals surface area contributed by atoms with Crippen LogP contribution in [-0.4, -0.2) is 46.5 Å². The summed E-state index contributed by atoms with van der Waals surface area (Å²) in [6.45, 7) is 1.47. The fraction of sp³-hybridized carbons (Fsp3) is 0.455. The van der Waals surface area contributed by atoms with E-state index in [0.717, 1.165) is 25.9 Å². The molecule has 0 spiro atoms. The van der Waals surface area contributed by atoms with Gasteiger partial charge in [-0.3, -0.25) is 14.4 Å². The molecular formula is C11H14N4O3. The van der Waals surface area contributed by atoms with Crippen molar-refractivity contribution in [2.75, 3.05) is 19.6 Å². The standard InChI is InChI=1S/C11H14N4O3/c16-9-4-3-8(13-14-9)11(18)12-7-10(17)15-5-1-2-6-15/h3-4H,1-2,5-7H2,(H,12,18)(H,14,16). The average molecular weight is 250 g/mol. The number of aromatic amines is 1. The summed E-state index contributed by atoms with van der Waals surface area (Å²) in [7, 11) is 0. The van der Waals surface area contributed by atoms with Gasteiger partial charge in [-0.1, -0.05) is 0 Å². The number of hydrogen-bond donors (Lipinski definition) is 2. The second-order valence-electron chi connectivity index (χ2n) is 4.08. The molecule has 0 saturated carbocycles. The molecule has 1 aromatic heterocycles. The molecule has 7 nitrogen and oxygen atoms in total. The minimum Gasteiger partial charge on any atom is -0.342 e. The van der Waals surface area contributed by atoms with Gasteiger partial charge in [0.2, 0.25) is 5.91 Å². The van der Waals surface area contributed by atoms with E-state index >= 15 is 0 Å². The van der Waals surface area contributed by atoms with E-state index in [1.807, 2.05) is 0 Å². The summed E-state index contributed by atoms with van der Waals surface area (Å²) in [4.78, 5) is 35.8. The van der Waals surface area contributed by atoms with Crippen LogP contribution in [0.3, 0.4) is 0 Å². The van der Waals surface area contributed by atoms with Gasteiger partial charge >= 0.3 is 0 Å². The first-order valence-corrected chi connectivity index (χ1v) is 5.78. The van der Waals surface area contributed by atoms with Crippen LogP contribution in [-0.2, 0) is 4.79 Å². The maximum Gasteiger partial charge on any atom is 0.272 e. The van der Waals surface area contributed by atoms with Crippen molar-refractivity contribution in [2.45, 2.75) is 12.8 Å². The third kappa shape index (κ3) is 2.93. The maximum atomic E-state index is 11.7. The Morgan fingerprint density at radius 2 is 2.06 bits per heavy atom. The van der Waals surface area contributed by atoms with Crippen molar-refractivity contribution in [3.63, 3.8) is 0 Å². The zero-order valence-corrected chi connectivity index (χ0v) is 9.81. The Hall–Kier alpha value is -2.18. The van der Waals surface area contributed by atoms with E-state index in [-0.39, 0.29) is 23.7 Å². The van der Waals surface area contributed by atoms with Crippen LogP contribution >= 0.6 is 0 Å². The number of nitrogens with one attached hydrogen (secondary N) is 2. The van der Waals surface area contributed by atoms with Gasteiger partial charge in [0, 0.05) is 19.2 Å². The van der Waals surface area contributed by atoms with Crippen molar-refractivity contribution < 1.29 is 9.59 Å². The molecule has 0 radical (unpaired) electrons. The molecule has 96 valence electrons. The van der Waals surface area contributed by atoms with Crippen LogP contribution in [0.15, 0.2) is 16.9 Å². The second kappa shape index (κ2) is 5.44. The van der Waals surface area contributed by atoms with Crippen LogP contribution in [0.1, 0.15) is 23.3 Å². The second-order valence-corrected chi connectivity index (χ2v) is 4.08. The Labute approximate surface area is 103 Å². The molecule has 1 aliphatic rings. The zero-order valence-electron chi connectivity index (χ0n) is 9.81. The van der Waals surface area contributed by atoms with Gasteiger partial charge in [-0.05, 0) is 18.9 Å². The molecule has 2 heterocycles. The summed E-state index contributed by atoms with van der Waals surface area (Å²) in [6.07, 6.45) is 2.03. The Morgan fingerprint density at radius 3 is 2.67 bits per heavy atom.